The summed E-state index contributed by atoms with van der Waals surface area (Å²) in [5, 5.41) is 32.2. The van der Waals surface area contributed by atoms with Gasteiger partial charge in [0, 0.05) is 17.7 Å². The van der Waals surface area contributed by atoms with Gasteiger partial charge in [0.15, 0.2) is 0 Å². The van der Waals surface area contributed by atoms with E-state index in [2.05, 4.69) is 0 Å². The van der Waals surface area contributed by atoms with Gasteiger partial charge in [-0.05, 0) is 29.5 Å². The molecule has 0 saturated carbocycles. The number of phenolic OH excluding ortho intramolecular Hbond substituents is 1. The summed E-state index contributed by atoms with van der Waals surface area (Å²) in [5.74, 6) is 0.0792. The highest BCUT2D eigenvalue weighted by molar-refractivity contribution is 5.74. The van der Waals surface area contributed by atoms with Crippen molar-refractivity contribution in [2.75, 3.05) is 0 Å². The summed E-state index contributed by atoms with van der Waals surface area (Å²) in [6.45, 7) is 3.88. The smallest absolute Gasteiger partial charge is 0.276 e. The maximum atomic E-state index is 11.0. The van der Waals surface area contributed by atoms with Crippen LogP contribution in [0.3, 0.4) is 0 Å². The number of non-ortho nitro benzene ring substituents is 2. The molecule has 0 radical (unpaired) electrons. The average Bonchev–Trinajstić information content (AvgIpc) is 2.53. The molecule has 2 aromatic rings. The molecule has 1 N–H and O–H groups in total. The van der Waals surface area contributed by atoms with Crippen molar-refractivity contribution in [2.45, 2.75) is 26.2 Å². The summed E-state index contributed by atoms with van der Waals surface area (Å²) in [6, 6.07) is 8.35. The van der Waals surface area contributed by atoms with Gasteiger partial charge in [-0.25, -0.2) is 0 Å². The minimum atomic E-state index is -0.664. The van der Waals surface area contributed by atoms with E-state index in [1.807, 2.05) is 13.8 Å². The molecule has 0 aliphatic rings. The number of phenols is 1. The number of nitro groups is 2. The van der Waals surface area contributed by atoms with Crippen molar-refractivity contribution in [3.05, 3.63) is 62.2 Å². The van der Waals surface area contributed by atoms with Gasteiger partial charge >= 0.3 is 0 Å². The molecule has 0 bridgehead atoms. The van der Waals surface area contributed by atoms with E-state index in [1.165, 1.54) is 18.2 Å². The van der Waals surface area contributed by atoms with E-state index in [1.54, 1.807) is 12.1 Å². The molecule has 23 heavy (non-hydrogen) atoms. The monoisotopic (exact) mass is 316 g/mol. The maximum Gasteiger partial charge on any atom is 0.276 e. The second-order valence-electron chi connectivity index (χ2n) is 5.30. The summed E-state index contributed by atoms with van der Waals surface area (Å²) in [5.41, 5.74) is 0.827. The Kier molecular flexibility index (Phi) is 4.59. The van der Waals surface area contributed by atoms with E-state index in [0.29, 0.717) is 16.7 Å². The molecule has 0 fully saturated rings. The Balaban J connectivity index is 2.74. The lowest BCUT2D eigenvalue weighted by atomic mass is 9.89. The summed E-state index contributed by atoms with van der Waals surface area (Å²) in [6.07, 6.45) is 0.752. The minimum Gasteiger partial charge on any atom is -0.508 e. The van der Waals surface area contributed by atoms with Crippen molar-refractivity contribution in [1.82, 2.24) is 0 Å². The van der Waals surface area contributed by atoms with Crippen LogP contribution in [-0.2, 0) is 0 Å². The van der Waals surface area contributed by atoms with Gasteiger partial charge in [0.25, 0.3) is 11.4 Å². The number of nitro benzene ring substituents is 2. The number of benzene rings is 2. The number of hydrogen-bond acceptors (Lipinski definition) is 5. The van der Waals surface area contributed by atoms with Gasteiger partial charge in [-0.3, -0.25) is 20.2 Å². The Labute approximate surface area is 132 Å². The molecule has 0 amide bonds. The fourth-order valence-corrected chi connectivity index (χ4v) is 2.49. The molecule has 0 aliphatic heterocycles. The van der Waals surface area contributed by atoms with E-state index in [4.69, 9.17) is 0 Å². The topological polar surface area (TPSA) is 107 Å². The van der Waals surface area contributed by atoms with E-state index in [0.717, 1.165) is 12.5 Å². The highest BCUT2D eigenvalue weighted by Gasteiger charge is 2.21. The van der Waals surface area contributed by atoms with Crippen LogP contribution in [0.15, 0.2) is 36.4 Å². The molecular formula is C16H16N2O5. The van der Waals surface area contributed by atoms with Crippen LogP contribution in [0.5, 0.6) is 5.75 Å². The minimum absolute atomic E-state index is 0.00418. The number of hydrogen-bond donors (Lipinski definition) is 1. The first kappa shape index (κ1) is 16.4. The van der Waals surface area contributed by atoms with Gasteiger partial charge in [-0.1, -0.05) is 26.0 Å². The Morgan fingerprint density at radius 1 is 1.09 bits per heavy atom. The summed E-state index contributed by atoms with van der Waals surface area (Å²) >= 11 is 0. The van der Waals surface area contributed by atoms with Crippen LogP contribution in [-0.4, -0.2) is 15.0 Å². The standard InChI is InChI=1S/C16H16N2O5/c1-3-10(2)16-14(5-4-6-15(16)19)11-7-12(17(20)21)9-13(8-11)18(22)23/h4-10,19H,3H2,1-2H3. The van der Waals surface area contributed by atoms with Gasteiger partial charge in [-0.2, -0.15) is 0 Å². The molecule has 7 heteroatoms. The average molecular weight is 316 g/mol. The van der Waals surface area contributed by atoms with Crippen LogP contribution >= 0.6 is 0 Å². The molecule has 7 nitrogen and oxygen atoms in total. The van der Waals surface area contributed by atoms with Crippen molar-refractivity contribution in [2.24, 2.45) is 0 Å². The van der Waals surface area contributed by atoms with Crippen LogP contribution in [0.4, 0.5) is 11.4 Å². The first-order valence-electron chi connectivity index (χ1n) is 7.11. The van der Waals surface area contributed by atoms with Gasteiger partial charge < -0.3 is 5.11 Å². The molecule has 1 atom stereocenters. The van der Waals surface area contributed by atoms with E-state index in [-0.39, 0.29) is 23.0 Å². The second-order valence-corrected chi connectivity index (χ2v) is 5.30. The quantitative estimate of drug-likeness (QED) is 0.650. The number of aromatic hydroxyl groups is 1. The number of rotatable bonds is 5. The highest BCUT2D eigenvalue weighted by Crippen LogP contribution is 2.39. The molecule has 1 unspecified atom stereocenters. The first-order chi connectivity index (χ1) is 10.8. The van der Waals surface area contributed by atoms with E-state index >= 15 is 0 Å². The normalized spacial score (nSPS) is 11.9. The fourth-order valence-electron chi connectivity index (χ4n) is 2.49. The Bertz CT molecular complexity index is 741. The SMILES string of the molecule is CCC(C)c1c(O)cccc1-c1cc([N+](=O)[O-])cc([N+](=O)[O-])c1. The Morgan fingerprint density at radius 3 is 2.13 bits per heavy atom. The van der Waals surface area contributed by atoms with Crippen LogP contribution in [0, 0.1) is 20.2 Å². The molecule has 2 rings (SSSR count). The predicted molar refractivity (Wildman–Crippen MR) is 85.6 cm³/mol. The van der Waals surface area contributed by atoms with E-state index < -0.39 is 9.85 Å². The lowest BCUT2D eigenvalue weighted by Crippen LogP contribution is -1.98. The van der Waals surface area contributed by atoms with Gasteiger partial charge in [-0.15, -0.1) is 0 Å². The van der Waals surface area contributed by atoms with Crippen molar-refractivity contribution in [3.63, 3.8) is 0 Å². The van der Waals surface area contributed by atoms with Gasteiger partial charge in [0.05, 0.1) is 15.9 Å². The Morgan fingerprint density at radius 2 is 1.65 bits per heavy atom. The summed E-state index contributed by atoms with van der Waals surface area (Å²) in [7, 11) is 0. The molecule has 0 aliphatic carbocycles. The predicted octanol–water partition coefficient (Wildman–Crippen LogP) is 4.39. The van der Waals surface area contributed by atoms with Gasteiger partial charge in [0.1, 0.15) is 5.75 Å². The molecule has 0 spiro atoms. The lowest BCUT2D eigenvalue weighted by molar-refractivity contribution is -0.394. The highest BCUT2D eigenvalue weighted by atomic mass is 16.6. The zero-order chi connectivity index (χ0) is 17.1. The molecule has 0 heterocycles. The zero-order valence-electron chi connectivity index (χ0n) is 12.7. The summed E-state index contributed by atoms with van der Waals surface area (Å²) < 4.78 is 0. The third kappa shape index (κ3) is 3.28. The fraction of sp³-hybridized carbons (Fsp3) is 0.250. The number of nitrogens with zero attached hydrogens (tertiary/aromatic N) is 2. The largest absolute Gasteiger partial charge is 0.508 e. The van der Waals surface area contributed by atoms with Crippen LogP contribution in [0.2, 0.25) is 0 Å². The molecule has 2 aromatic carbocycles. The molecule has 0 aromatic heterocycles. The van der Waals surface area contributed by atoms with Crippen molar-refractivity contribution >= 4 is 11.4 Å². The third-order valence-electron chi connectivity index (χ3n) is 3.82. The summed E-state index contributed by atoms with van der Waals surface area (Å²) in [4.78, 5) is 20.7. The van der Waals surface area contributed by atoms with Crippen LogP contribution < -0.4 is 0 Å². The van der Waals surface area contributed by atoms with Crippen LogP contribution in [0.1, 0.15) is 31.7 Å². The first-order valence-corrected chi connectivity index (χ1v) is 7.11. The molecule has 0 saturated heterocycles. The zero-order valence-corrected chi connectivity index (χ0v) is 12.7. The lowest BCUT2D eigenvalue weighted by Gasteiger charge is -2.16. The maximum absolute atomic E-state index is 11.0. The van der Waals surface area contributed by atoms with Crippen LogP contribution in [0.25, 0.3) is 11.1 Å². The van der Waals surface area contributed by atoms with Crippen molar-refractivity contribution in [1.29, 1.82) is 0 Å². The third-order valence-corrected chi connectivity index (χ3v) is 3.82. The Hall–Kier alpha value is -2.96. The molecule has 120 valence electrons. The molecular weight excluding hydrogens is 300 g/mol. The van der Waals surface area contributed by atoms with Crippen molar-refractivity contribution in [3.8, 4) is 16.9 Å². The van der Waals surface area contributed by atoms with E-state index in [9.17, 15) is 25.3 Å². The van der Waals surface area contributed by atoms with Gasteiger partial charge in [0.2, 0.25) is 0 Å². The van der Waals surface area contributed by atoms with Crippen molar-refractivity contribution < 1.29 is 15.0 Å². The second kappa shape index (κ2) is 6.43.